The average Bonchev–Trinajstić information content (AvgIpc) is 2.99. The third kappa shape index (κ3) is 3.76. The van der Waals surface area contributed by atoms with Crippen LogP contribution in [-0.4, -0.2) is 36.6 Å². The normalized spacial score (nSPS) is 31.9. The van der Waals surface area contributed by atoms with Crippen LogP contribution >= 0.6 is 0 Å². The van der Waals surface area contributed by atoms with Crippen molar-refractivity contribution in [1.82, 2.24) is 10.2 Å². The van der Waals surface area contributed by atoms with Crippen molar-refractivity contribution in [3.05, 3.63) is 0 Å². The van der Waals surface area contributed by atoms with Gasteiger partial charge in [0.1, 0.15) is 0 Å². The Balaban J connectivity index is 1.90. The van der Waals surface area contributed by atoms with Crippen LogP contribution < -0.4 is 5.32 Å². The first-order chi connectivity index (χ1) is 9.58. The van der Waals surface area contributed by atoms with Crippen LogP contribution in [0.15, 0.2) is 0 Å². The van der Waals surface area contributed by atoms with Crippen LogP contribution in [0.2, 0.25) is 0 Å². The van der Waals surface area contributed by atoms with Crippen LogP contribution in [0.3, 0.4) is 0 Å². The Bertz CT molecular complexity index is 273. The number of hydrogen-bond donors (Lipinski definition) is 1. The lowest BCUT2D eigenvalue weighted by Crippen LogP contribution is -2.47. The van der Waals surface area contributed by atoms with Crippen molar-refractivity contribution in [1.29, 1.82) is 0 Å². The third-order valence-electron chi connectivity index (χ3n) is 6.17. The highest BCUT2D eigenvalue weighted by Crippen LogP contribution is 2.41. The van der Waals surface area contributed by atoms with E-state index in [1.807, 2.05) is 0 Å². The van der Waals surface area contributed by atoms with E-state index >= 15 is 0 Å². The highest BCUT2D eigenvalue weighted by Gasteiger charge is 2.35. The largest absolute Gasteiger partial charge is 0.315 e. The van der Waals surface area contributed by atoms with Crippen LogP contribution in [0.4, 0.5) is 0 Å². The van der Waals surface area contributed by atoms with E-state index in [1.54, 1.807) is 0 Å². The molecular formula is C18H36N2. The average molecular weight is 280 g/mol. The molecule has 118 valence electrons. The maximum atomic E-state index is 3.55. The van der Waals surface area contributed by atoms with Gasteiger partial charge in [-0.25, -0.2) is 0 Å². The Labute approximate surface area is 126 Å². The van der Waals surface area contributed by atoms with Gasteiger partial charge >= 0.3 is 0 Å². The van der Waals surface area contributed by atoms with Crippen LogP contribution in [0, 0.1) is 11.3 Å². The molecule has 2 fully saturated rings. The zero-order chi connectivity index (χ0) is 14.6. The molecule has 2 aliphatic rings. The Morgan fingerprint density at radius 2 is 1.70 bits per heavy atom. The van der Waals surface area contributed by atoms with E-state index in [4.69, 9.17) is 0 Å². The van der Waals surface area contributed by atoms with Crippen molar-refractivity contribution in [3.63, 3.8) is 0 Å². The Morgan fingerprint density at radius 3 is 2.20 bits per heavy atom. The first kappa shape index (κ1) is 16.3. The van der Waals surface area contributed by atoms with Crippen molar-refractivity contribution in [2.45, 2.75) is 84.7 Å². The van der Waals surface area contributed by atoms with Gasteiger partial charge in [-0.1, -0.05) is 34.1 Å². The lowest BCUT2D eigenvalue weighted by Gasteiger charge is -2.44. The van der Waals surface area contributed by atoms with E-state index < -0.39 is 0 Å². The lowest BCUT2D eigenvalue weighted by molar-refractivity contribution is 0.0640. The van der Waals surface area contributed by atoms with Gasteiger partial charge in [0.25, 0.3) is 0 Å². The van der Waals surface area contributed by atoms with Gasteiger partial charge in [-0.3, -0.25) is 4.90 Å². The summed E-state index contributed by atoms with van der Waals surface area (Å²) >= 11 is 0. The Kier molecular flexibility index (Phi) is 5.92. The fraction of sp³-hybridized carbons (Fsp3) is 1.00. The monoisotopic (exact) mass is 280 g/mol. The fourth-order valence-electron chi connectivity index (χ4n) is 4.32. The number of hydrogen-bond acceptors (Lipinski definition) is 2. The second-order valence-corrected chi connectivity index (χ2v) is 7.73. The summed E-state index contributed by atoms with van der Waals surface area (Å²) in [5, 5.41) is 3.55. The minimum absolute atomic E-state index is 0.551. The summed E-state index contributed by atoms with van der Waals surface area (Å²) < 4.78 is 0. The molecular weight excluding hydrogens is 244 g/mol. The number of rotatable bonds is 6. The maximum Gasteiger partial charge on any atom is 0.0235 e. The molecule has 1 heterocycles. The second kappa shape index (κ2) is 7.26. The first-order valence-corrected chi connectivity index (χ1v) is 9.05. The summed E-state index contributed by atoms with van der Waals surface area (Å²) in [6.07, 6.45) is 9.76. The molecule has 0 aromatic heterocycles. The van der Waals surface area contributed by atoms with Crippen LogP contribution in [-0.2, 0) is 0 Å². The van der Waals surface area contributed by atoms with Gasteiger partial charge in [-0.15, -0.1) is 0 Å². The smallest absolute Gasteiger partial charge is 0.0235 e. The van der Waals surface area contributed by atoms with Crippen molar-refractivity contribution >= 4 is 0 Å². The molecule has 0 bridgehead atoms. The van der Waals surface area contributed by atoms with E-state index in [2.05, 4.69) is 37.9 Å². The second-order valence-electron chi connectivity index (χ2n) is 7.73. The summed E-state index contributed by atoms with van der Waals surface area (Å²) in [4.78, 5) is 2.86. The van der Waals surface area contributed by atoms with E-state index in [0.717, 1.165) is 18.0 Å². The summed E-state index contributed by atoms with van der Waals surface area (Å²) in [7, 11) is 0. The molecule has 2 heteroatoms. The van der Waals surface area contributed by atoms with Crippen molar-refractivity contribution in [2.75, 3.05) is 19.6 Å². The van der Waals surface area contributed by atoms with Gasteiger partial charge in [0, 0.05) is 18.6 Å². The standard InChI is InChI=1S/C18H36N2/c1-5-13-20(17-11-12-19-14-17)16-9-7-15(8-10-16)18(3,4)6-2/h15-17,19H,5-14H2,1-4H3. The highest BCUT2D eigenvalue weighted by atomic mass is 15.2. The van der Waals surface area contributed by atoms with Gasteiger partial charge in [0.05, 0.1) is 0 Å². The van der Waals surface area contributed by atoms with E-state index in [0.29, 0.717) is 5.41 Å². The minimum atomic E-state index is 0.551. The molecule has 0 aromatic rings. The Morgan fingerprint density at radius 1 is 1.00 bits per heavy atom. The zero-order valence-electron chi connectivity index (χ0n) is 14.3. The summed E-state index contributed by atoms with van der Waals surface area (Å²) in [6.45, 7) is 13.4. The van der Waals surface area contributed by atoms with Crippen molar-refractivity contribution < 1.29 is 0 Å². The molecule has 2 nitrogen and oxygen atoms in total. The molecule has 1 aliphatic heterocycles. The molecule has 0 radical (unpaired) electrons. The van der Waals surface area contributed by atoms with Crippen LogP contribution in [0.5, 0.6) is 0 Å². The minimum Gasteiger partial charge on any atom is -0.315 e. The maximum absolute atomic E-state index is 3.55. The van der Waals surface area contributed by atoms with Crippen molar-refractivity contribution in [2.24, 2.45) is 11.3 Å². The lowest BCUT2D eigenvalue weighted by atomic mass is 9.68. The summed E-state index contributed by atoms with van der Waals surface area (Å²) in [6, 6.07) is 1.68. The molecule has 1 aliphatic carbocycles. The number of nitrogens with one attached hydrogen (secondary N) is 1. The summed E-state index contributed by atoms with van der Waals surface area (Å²) in [5.41, 5.74) is 0.551. The molecule has 1 saturated heterocycles. The molecule has 20 heavy (non-hydrogen) atoms. The first-order valence-electron chi connectivity index (χ1n) is 9.05. The van der Waals surface area contributed by atoms with E-state index in [1.165, 1.54) is 64.6 Å². The predicted molar refractivity (Wildman–Crippen MR) is 88.1 cm³/mol. The molecule has 1 atom stereocenters. The Hall–Kier alpha value is -0.0800. The zero-order valence-corrected chi connectivity index (χ0v) is 14.3. The van der Waals surface area contributed by atoms with Crippen LogP contribution in [0.25, 0.3) is 0 Å². The fourth-order valence-corrected chi connectivity index (χ4v) is 4.32. The molecule has 2 rings (SSSR count). The van der Waals surface area contributed by atoms with E-state index in [9.17, 15) is 0 Å². The molecule has 1 unspecified atom stereocenters. The van der Waals surface area contributed by atoms with Crippen molar-refractivity contribution in [3.8, 4) is 0 Å². The topological polar surface area (TPSA) is 15.3 Å². The molecule has 0 amide bonds. The van der Waals surface area contributed by atoms with Gasteiger partial charge < -0.3 is 5.32 Å². The summed E-state index contributed by atoms with van der Waals surface area (Å²) in [5.74, 6) is 0.953. The van der Waals surface area contributed by atoms with Gasteiger partial charge in [-0.2, -0.15) is 0 Å². The third-order valence-corrected chi connectivity index (χ3v) is 6.17. The van der Waals surface area contributed by atoms with E-state index in [-0.39, 0.29) is 0 Å². The SMILES string of the molecule is CCCN(C1CCC(C(C)(C)CC)CC1)C1CCNC1. The molecule has 1 N–H and O–H groups in total. The predicted octanol–water partition coefficient (Wildman–Crippen LogP) is 4.06. The quantitative estimate of drug-likeness (QED) is 0.789. The van der Waals surface area contributed by atoms with Gasteiger partial charge in [0.15, 0.2) is 0 Å². The van der Waals surface area contributed by atoms with Gasteiger partial charge in [-0.05, 0) is 62.9 Å². The molecule has 1 saturated carbocycles. The molecule has 0 aromatic carbocycles. The molecule has 0 spiro atoms. The van der Waals surface area contributed by atoms with Crippen LogP contribution in [0.1, 0.15) is 72.6 Å². The van der Waals surface area contributed by atoms with Gasteiger partial charge in [0.2, 0.25) is 0 Å². The highest BCUT2D eigenvalue weighted by molar-refractivity contribution is 4.90. The number of nitrogens with zero attached hydrogens (tertiary/aromatic N) is 1.